The summed E-state index contributed by atoms with van der Waals surface area (Å²) >= 11 is 1.79. The quantitative estimate of drug-likeness (QED) is 0.790. The van der Waals surface area contributed by atoms with Crippen LogP contribution in [0.2, 0.25) is 0 Å². The van der Waals surface area contributed by atoms with E-state index in [0.29, 0.717) is 17.4 Å². The summed E-state index contributed by atoms with van der Waals surface area (Å²) in [6, 6.07) is 3.51. The van der Waals surface area contributed by atoms with Crippen molar-refractivity contribution in [2.45, 2.75) is 19.1 Å². The molecule has 1 aromatic rings. The molecule has 1 unspecified atom stereocenters. The van der Waals surface area contributed by atoms with Crippen LogP contribution in [0.25, 0.3) is 0 Å². The van der Waals surface area contributed by atoms with Crippen molar-refractivity contribution in [2.24, 2.45) is 0 Å². The number of hydrogen-bond donors (Lipinski definition) is 1. The summed E-state index contributed by atoms with van der Waals surface area (Å²) in [7, 11) is 0. The van der Waals surface area contributed by atoms with Crippen molar-refractivity contribution in [2.75, 3.05) is 24.7 Å². The number of esters is 1. The van der Waals surface area contributed by atoms with Gasteiger partial charge in [0.1, 0.15) is 5.82 Å². The molecule has 4 nitrogen and oxygen atoms in total. The van der Waals surface area contributed by atoms with Crippen LogP contribution in [0.1, 0.15) is 24.2 Å². The maximum Gasteiger partial charge on any atom is 0.339 e. The van der Waals surface area contributed by atoms with Gasteiger partial charge in [-0.15, -0.1) is 0 Å². The van der Waals surface area contributed by atoms with E-state index in [1.807, 2.05) is 0 Å². The van der Waals surface area contributed by atoms with Gasteiger partial charge in [-0.1, -0.05) is 6.92 Å². The van der Waals surface area contributed by atoms with Crippen molar-refractivity contribution in [3.63, 3.8) is 0 Å². The fraction of sp³-hybridized carbons (Fsp3) is 0.500. The number of nitrogens with one attached hydrogen (secondary N) is 1. The summed E-state index contributed by atoms with van der Waals surface area (Å²) < 4.78 is 4.88. The van der Waals surface area contributed by atoms with Gasteiger partial charge in [-0.05, 0) is 25.3 Å². The van der Waals surface area contributed by atoms with Gasteiger partial charge < -0.3 is 10.1 Å². The first-order chi connectivity index (χ1) is 8.17. The van der Waals surface area contributed by atoms with Gasteiger partial charge in [0.05, 0.1) is 12.2 Å². The van der Waals surface area contributed by atoms with Crippen LogP contribution in [-0.4, -0.2) is 35.6 Å². The molecule has 94 valence electrons. The molecule has 0 amide bonds. The Balaban J connectivity index is 2.53. The van der Waals surface area contributed by atoms with E-state index in [-0.39, 0.29) is 5.97 Å². The van der Waals surface area contributed by atoms with Crippen molar-refractivity contribution in [1.82, 2.24) is 4.98 Å². The van der Waals surface area contributed by atoms with Crippen molar-refractivity contribution >= 4 is 23.5 Å². The Morgan fingerprint density at radius 3 is 2.88 bits per heavy atom. The smallest absolute Gasteiger partial charge is 0.339 e. The minimum absolute atomic E-state index is 0.330. The van der Waals surface area contributed by atoms with Crippen LogP contribution in [0.3, 0.4) is 0 Å². The van der Waals surface area contributed by atoms with Crippen LogP contribution < -0.4 is 5.32 Å². The van der Waals surface area contributed by atoms with E-state index in [4.69, 9.17) is 4.74 Å². The number of carbonyl (C=O) groups is 1. The molecule has 1 heterocycles. The monoisotopic (exact) mass is 254 g/mol. The molecule has 17 heavy (non-hydrogen) atoms. The van der Waals surface area contributed by atoms with E-state index in [1.54, 1.807) is 30.8 Å². The lowest BCUT2D eigenvalue weighted by Crippen LogP contribution is -2.13. The van der Waals surface area contributed by atoms with Gasteiger partial charge in [-0.3, -0.25) is 0 Å². The van der Waals surface area contributed by atoms with E-state index < -0.39 is 0 Å². The van der Waals surface area contributed by atoms with Gasteiger partial charge in [-0.25, -0.2) is 9.78 Å². The number of hydrogen-bond acceptors (Lipinski definition) is 5. The van der Waals surface area contributed by atoms with E-state index >= 15 is 0 Å². The van der Waals surface area contributed by atoms with Gasteiger partial charge in [0.2, 0.25) is 0 Å². The number of anilines is 1. The predicted octanol–water partition coefficient (Wildman–Crippen LogP) is 2.42. The van der Waals surface area contributed by atoms with Gasteiger partial charge in [0.25, 0.3) is 0 Å². The minimum Gasteiger partial charge on any atom is -0.462 e. The Bertz CT molecular complexity index is 354. The highest BCUT2D eigenvalue weighted by atomic mass is 32.2. The first-order valence-corrected chi connectivity index (χ1v) is 6.86. The number of nitrogens with zero attached hydrogens (tertiary/aromatic N) is 1. The number of pyridine rings is 1. The SMILES string of the molecule is CCOC(=O)c1ccc(NCC(C)SC)nc1. The molecular weight excluding hydrogens is 236 g/mol. The van der Waals surface area contributed by atoms with Crippen LogP contribution in [0.15, 0.2) is 18.3 Å². The second-order valence-electron chi connectivity index (χ2n) is 3.58. The van der Waals surface area contributed by atoms with Crippen molar-refractivity contribution in [3.05, 3.63) is 23.9 Å². The normalized spacial score (nSPS) is 11.9. The predicted molar refractivity (Wildman–Crippen MR) is 71.7 cm³/mol. The molecule has 0 bridgehead atoms. The number of carbonyl (C=O) groups excluding carboxylic acids is 1. The molecule has 0 radical (unpaired) electrons. The fourth-order valence-corrected chi connectivity index (χ4v) is 1.42. The topological polar surface area (TPSA) is 51.2 Å². The largest absolute Gasteiger partial charge is 0.462 e. The first kappa shape index (κ1) is 13.8. The van der Waals surface area contributed by atoms with Crippen molar-refractivity contribution in [3.8, 4) is 0 Å². The zero-order chi connectivity index (χ0) is 12.7. The highest BCUT2D eigenvalue weighted by Gasteiger charge is 2.06. The lowest BCUT2D eigenvalue weighted by atomic mass is 10.3. The summed E-state index contributed by atoms with van der Waals surface area (Å²) in [6.45, 7) is 5.16. The fourth-order valence-electron chi connectivity index (χ4n) is 1.17. The Hall–Kier alpha value is -1.23. The van der Waals surface area contributed by atoms with Crippen LogP contribution in [0.4, 0.5) is 5.82 Å². The highest BCUT2D eigenvalue weighted by Crippen LogP contribution is 2.09. The van der Waals surface area contributed by atoms with E-state index in [9.17, 15) is 4.79 Å². The van der Waals surface area contributed by atoms with Gasteiger partial charge in [0.15, 0.2) is 0 Å². The molecule has 0 aliphatic carbocycles. The molecular formula is C12H18N2O2S. The molecule has 1 atom stereocenters. The summed E-state index contributed by atoms with van der Waals surface area (Å²) in [6.07, 6.45) is 3.60. The number of aromatic nitrogens is 1. The molecule has 0 saturated carbocycles. The van der Waals surface area contributed by atoms with E-state index in [2.05, 4.69) is 23.5 Å². The van der Waals surface area contributed by atoms with Crippen molar-refractivity contribution < 1.29 is 9.53 Å². The second-order valence-corrected chi connectivity index (χ2v) is 4.86. The van der Waals surface area contributed by atoms with Crippen LogP contribution in [0, 0.1) is 0 Å². The standard InChI is InChI=1S/C12H18N2O2S/c1-4-16-12(15)10-5-6-11(14-8-10)13-7-9(2)17-3/h5-6,8-9H,4,7H2,1-3H3,(H,13,14). The molecule has 0 aliphatic heterocycles. The maximum atomic E-state index is 11.4. The zero-order valence-corrected chi connectivity index (χ0v) is 11.2. The molecule has 0 spiro atoms. The van der Waals surface area contributed by atoms with Crippen LogP contribution >= 0.6 is 11.8 Å². The maximum absolute atomic E-state index is 11.4. The lowest BCUT2D eigenvalue weighted by molar-refractivity contribution is 0.0526. The lowest BCUT2D eigenvalue weighted by Gasteiger charge is -2.10. The van der Waals surface area contributed by atoms with Gasteiger partial charge in [0, 0.05) is 18.0 Å². The number of thioether (sulfide) groups is 1. The molecule has 0 aliphatic rings. The van der Waals surface area contributed by atoms with Crippen LogP contribution in [-0.2, 0) is 4.74 Å². The third-order valence-electron chi connectivity index (χ3n) is 2.25. The van der Waals surface area contributed by atoms with Crippen LogP contribution in [0.5, 0.6) is 0 Å². The summed E-state index contributed by atoms with van der Waals surface area (Å²) in [5.41, 5.74) is 0.482. The molecule has 1 rings (SSSR count). The molecule has 5 heteroatoms. The molecule has 1 aromatic heterocycles. The molecule has 0 aromatic carbocycles. The first-order valence-electron chi connectivity index (χ1n) is 5.57. The average molecular weight is 254 g/mol. The summed E-state index contributed by atoms with van der Waals surface area (Å²) in [5.74, 6) is 0.447. The summed E-state index contributed by atoms with van der Waals surface area (Å²) in [5, 5.41) is 3.74. The zero-order valence-electron chi connectivity index (χ0n) is 10.4. The Morgan fingerprint density at radius 2 is 2.35 bits per heavy atom. The number of rotatable bonds is 6. The van der Waals surface area contributed by atoms with Crippen molar-refractivity contribution in [1.29, 1.82) is 0 Å². The van der Waals surface area contributed by atoms with Gasteiger partial charge in [-0.2, -0.15) is 11.8 Å². The third kappa shape index (κ3) is 4.65. The third-order valence-corrected chi connectivity index (χ3v) is 3.22. The second kappa shape index (κ2) is 7.17. The number of ether oxygens (including phenoxy) is 1. The molecule has 0 fully saturated rings. The molecule has 1 N–H and O–H groups in total. The average Bonchev–Trinajstić information content (AvgIpc) is 2.36. The van der Waals surface area contributed by atoms with E-state index in [1.165, 1.54) is 6.20 Å². The van der Waals surface area contributed by atoms with Gasteiger partial charge >= 0.3 is 5.97 Å². The minimum atomic E-state index is -0.330. The Labute approximate surface area is 106 Å². The highest BCUT2D eigenvalue weighted by molar-refractivity contribution is 7.99. The van der Waals surface area contributed by atoms with E-state index in [0.717, 1.165) is 12.4 Å². The Kier molecular flexibility index (Phi) is 5.83. The Morgan fingerprint density at radius 1 is 1.59 bits per heavy atom. The summed E-state index contributed by atoms with van der Waals surface area (Å²) in [4.78, 5) is 15.5. The molecule has 0 saturated heterocycles.